The van der Waals surface area contributed by atoms with Gasteiger partial charge in [-0.15, -0.1) is 0 Å². The van der Waals surface area contributed by atoms with Crippen LogP contribution in [0.4, 0.5) is 0 Å². The number of nitrogens with two attached hydrogens (primary N) is 1. The summed E-state index contributed by atoms with van der Waals surface area (Å²) in [4.78, 5) is 21.7. The lowest BCUT2D eigenvalue weighted by molar-refractivity contribution is -0.144. The second-order valence-electron chi connectivity index (χ2n) is 10.8. The summed E-state index contributed by atoms with van der Waals surface area (Å²) in [6.07, 6.45) is 10.6. The summed E-state index contributed by atoms with van der Waals surface area (Å²) in [7, 11) is 0. The molecule has 0 saturated heterocycles. The van der Waals surface area contributed by atoms with Gasteiger partial charge in [0.2, 0.25) is 5.91 Å². The third-order valence-electron chi connectivity index (χ3n) is 8.39. The van der Waals surface area contributed by atoms with Crippen LogP contribution in [0.5, 0.6) is 0 Å². The van der Waals surface area contributed by atoms with E-state index >= 15 is 0 Å². The number of aliphatic imine (C=N–C) groups is 1. The number of aromatic nitrogens is 1. The monoisotopic (exact) mass is 441 g/mol. The van der Waals surface area contributed by atoms with Crippen molar-refractivity contribution >= 4 is 11.7 Å². The number of rotatable bonds is 5. The highest BCUT2D eigenvalue weighted by Gasteiger charge is 2.58. The van der Waals surface area contributed by atoms with E-state index in [9.17, 15) is 10.1 Å². The van der Waals surface area contributed by atoms with E-state index in [1.165, 1.54) is 0 Å². The van der Waals surface area contributed by atoms with Crippen LogP contribution in [0.15, 0.2) is 53.8 Å². The molecule has 4 aliphatic rings. The lowest BCUT2D eigenvalue weighted by Crippen LogP contribution is -2.57. The van der Waals surface area contributed by atoms with Crippen molar-refractivity contribution in [2.45, 2.75) is 57.4 Å². The van der Waals surface area contributed by atoms with E-state index in [1.807, 2.05) is 18.3 Å². The Hall–Kier alpha value is -3.20. The summed E-state index contributed by atoms with van der Waals surface area (Å²) in [6, 6.07) is 12.5. The van der Waals surface area contributed by atoms with Crippen LogP contribution in [-0.2, 0) is 10.2 Å². The zero-order chi connectivity index (χ0) is 23.2. The summed E-state index contributed by atoms with van der Waals surface area (Å²) >= 11 is 0. The van der Waals surface area contributed by atoms with Gasteiger partial charge >= 0.3 is 0 Å². The number of nitrogens with zero attached hydrogens (tertiary/aromatic N) is 3. The predicted molar refractivity (Wildman–Crippen MR) is 128 cm³/mol. The Bertz CT molecular complexity index is 1100. The largest absolute Gasteiger partial charge is 0.369 e. The minimum atomic E-state index is -0.459. The molecule has 6 heteroatoms. The van der Waals surface area contributed by atoms with Crippen LogP contribution in [0, 0.1) is 34.6 Å². The predicted octanol–water partition coefficient (Wildman–Crippen LogP) is 4.18. The molecule has 0 aliphatic heterocycles. The first-order valence-electron chi connectivity index (χ1n) is 11.9. The van der Waals surface area contributed by atoms with Crippen molar-refractivity contribution in [3.8, 4) is 17.3 Å². The Morgan fingerprint density at radius 3 is 2.42 bits per heavy atom. The molecule has 6 rings (SSSR count). The van der Waals surface area contributed by atoms with Gasteiger partial charge in [-0.2, -0.15) is 5.26 Å². The van der Waals surface area contributed by atoms with E-state index in [1.54, 1.807) is 6.20 Å². The molecule has 0 radical (unpaired) electrons. The van der Waals surface area contributed by atoms with Crippen molar-refractivity contribution in [3.05, 3.63) is 54.4 Å². The van der Waals surface area contributed by atoms with Gasteiger partial charge in [-0.3, -0.25) is 20.1 Å². The van der Waals surface area contributed by atoms with E-state index in [2.05, 4.69) is 54.6 Å². The van der Waals surface area contributed by atoms with Crippen molar-refractivity contribution in [2.24, 2.45) is 33.9 Å². The Morgan fingerprint density at radius 1 is 1.15 bits per heavy atom. The molecule has 6 nitrogen and oxygen atoms in total. The maximum atomic E-state index is 12.3. The van der Waals surface area contributed by atoms with Crippen molar-refractivity contribution in [2.75, 3.05) is 0 Å². The van der Waals surface area contributed by atoms with Crippen molar-refractivity contribution in [1.29, 1.82) is 5.26 Å². The van der Waals surface area contributed by atoms with Crippen LogP contribution < -0.4 is 11.1 Å². The van der Waals surface area contributed by atoms with Gasteiger partial charge in [0, 0.05) is 23.2 Å². The molecule has 1 heterocycles. The number of carbonyl (C=O) groups is 1. The summed E-state index contributed by atoms with van der Waals surface area (Å²) < 4.78 is 0. The van der Waals surface area contributed by atoms with E-state index in [4.69, 9.17) is 10.7 Å². The molecule has 0 spiro atoms. The second-order valence-corrected chi connectivity index (χ2v) is 10.8. The Morgan fingerprint density at radius 2 is 1.85 bits per heavy atom. The van der Waals surface area contributed by atoms with Gasteiger partial charge in [-0.25, -0.2) is 0 Å². The summed E-state index contributed by atoms with van der Waals surface area (Å²) in [5.41, 5.74) is 8.33. The first-order chi connectivity index (χ1) is 15.8. The van der Waals surface area contributed by atoms with E-state index < -0.39 is 5.41 Å². The molecule has 4 bridgehead atoms. The van der Waals surface area contributed by atoms with Crippen molar-refractivity contribution < 1.29 is 4.79 Å². The van der Waals surface area contributed by atoms with Crippen LogP contribution in [0.3, 0.4) is 0 Å². The van der Waals surface area contributed by atoms with Crippen LogP contribution >= 0.6 is 0 Å². The first kappa shape index (κ1) is 21.6. The highest BCUT2D eigenvalue weighted by atomic mass is 16.1. The minimum Gasteiger partial charge on any atom is -0.369 e. The number of amidine groups is 1. The maximum absolute atomic E-state index is 12.3. The Kier molecular flexibility index (Phi) is 5.23. The molecule has 170 valence electrons. The average molecular weight is 442 g/mol. The van der Waals surface area contributed by atoms with Gasteiger partial charge in [0.25, 0.3) is 0 Å². The first-order valence-corrected chi connectivity index (χ1v) is 11.9. The van der Waals surface area contributed by atoms with Gasteiger partial charge in [-0.1, -0.05) is 30.3 Å². The van der Waals surface area contributed by atoms with Gasteiger partial charge in [-0.05, 0) is 86.5 Å². The fourth-order valence-corrected chi connectivity index (χ4v) is 6.81. The molecular formula is C27H31N5O. The molecule has 4 saturated carbocycles. The molecule has 2 unspecified atom stereocenters. The molecule has 2 atom stereocenters. The summed E-state index contributed by atoms with van der Waals surface area (Å²) in [5.74, 6) is 1.88. The lowest BCUT2D eigenvalue weighted by atomic mass is 9.47. The minimum absolute atomic E-state index is 0.131. The van der Waals surface area contributed by atoms with E-state index in [0.717, 1.165) is 48.8 Å². The normalized spacial score (nSPS) is 30.6. The topological polar surface area (TPSA) is 104 Å². The standard InChI is InChI=1S/C27H31N5O/c1-26(2,22-7-5-18(6-8-22)19-4-3-9-30-15-19)25(31-16-28)32-23-20-10-17-11-21(23)14-27(12-17,13-20)24(29)33/h3-9,15,17,20-21,23H,10-14H2,1-2H3,(H2,29,33)(H,31,32). The maximum Gasteiger partial charge on any atom is 0.223 e. The van der Waals surface area contributed by atoms with Crippen LogP contribution in [-0.4, -0.2) is 22.8 Å². The highest BCUT2D eigenvalue weighted by Crippen LogP contribution is 2.60. The van der Waals surface area contributed by atoms with E-state index in [-0.39, 0.29) is 17.4 Å². The number of pyridine rings is 1. The third kappa shape index (κ3) is 3.70. The molecule has 1 amide bonds. The fraction of sp³-hybridized carbons (Fsp3) is 0.481. The Labute approximate surface area is 195 Å². The zero-order valence-corrected chi connectivity index (χ0v) is 19.3. The SMILES string of the molecule is CC(C)(C(=NC1C2CC3CC1CC(C(N)=O)(C3)C2)NC#N)c1ccc(-c2cccnc2)cc1. The van der Waals surface area contributed by atoms with Gasteiger partial charge in [0.05, 0.1) is 6.04 Å². The van der Waals surface area contributed by atoms with Crippen LogP contribution in [0.2, 0.25) is 0 Å². The summed E-state index contributed by atoms with van der Waals surface area (Å²) in [6.45, 7) is 4.21. The number of nitriles is 1. The number of carbonyl (C=O) groups excluding carboxylic acids is 1. The number of hydrogen-bond acceptors (Lipinski definition) is 4. The van der Waals surface area contributed by atoms with Gasteiger partial charge < -0.3 is 5.73 Å². The lowest BCUT2D eigenvalue weighted by Gasteiger charge is -2.58. The van der Waals surface area contributed by atoms with E-state index in [0.29, 0.717) is 23.6 Å². The third-order valence-corrected chi connectivity index (χ3v) is 8.39. The molecule has 2 aromatic rings. The fourth-order valence-electron chi connectivity index (χ4n) is 6.81. The molecule has 1 aromatic heterocycles. The molecule has 4 aliphatic carbocycles. The van der Waals surface area contributed by atoms with Crippen molar-refractivity contribution in [1.82, 2.24) is 10.3 Å². The number of primary amides is 1. The second kappa shape index (κ2) is 7.98. The van der Waals surface area contributed by atoms with Crippen LogP contribution in [0.25, 0.3) is 11.1 Å². The number of amides is 1. The summed E-state index contributed by atoms with van der Waals surface area (Å²) in [5, 5.41) is 12.4. The van der Waals surface area contributed by atoms with Crippen LogP contribution in [0.1, 0.15) is 51.5 Å². The number of hydrogen-bond donors (Lipinski definition) is 2. The quantitative estimate of drug-likeness (QED) is 0.314. The number of nitrogens with one attached hydrogen (secondary N) is 1. The molecule has 3 N–H and O–H groups in total. The molecule has 4 fully saturated rings. The molecule has 1 aromatic carbocycles. The van der Waals surface area contributed by atoms with Crippen molar-refractivity contribution in [3.63, 3.8) is 0 Å². The highest BCUT2D eigenvalue weighted by molar-refractivity contribution is 5.93. The number of benzene rings is 1. The zero-order valence-electron chi connectivity index (χ0n) is 19.3. The molecular weight excluding hydrogens is 410 g/mol. The Balaban J connectivity index is 1.44. The molecule has 33 heavy (non-hydrogen) atoms. The van der Waals surface area contributed by atoms with Gasteiger partial charge in [0.15, 0.2) is 6.19 Å². The average Bonchev–Trinajstić information content (AvgIpc) is 2.81. The smallest absolute Gasteiger partial charge is 0.223 e. The van der Waals surface area contributed by atoms with Gasteiger partial charge in [0.1, 0.15) is 5.84 Å².